The molecule has 1 aromatic carbocycles. The van der Waals surface area contributed by atoms with Crippen molar-refractivity contribution in [3.05, 3.63) is 35.9 Å². The van der Waals surface area contributed by atoms with Crippen LogP contribution in [-0.2, 0) is 23.7 Å². The Morgan fingerprint density at radius 1 is 0.962 bits per heavy atom. The van der Waals surface area contributed by atoms with Crippen molar-refractivity contribution in [2.45, 2.75) is 69.5 Å². The van der Waals surface area contributed by atoms with Crippen molar-refractivity contribution in [1.82, 2.24) is 0 Å². The predicted molar refractivity (Wildman–Crippen MR) is 91.9 cm³/mol. The van der Waals surface area contributed by atoms with Gasteiger partial charge in [-0.1, -0.05) is 30.0 Å². The first-order chi connectivity index (χ1) is 12.2. The Labute approximate surface area is 153 Å². The van der Waals surface area contributed by atoms with Crippen LogP contribution in [0.25, 0.3) is 0 Å². The maximum absolute atomic E-state index is 11.5. The molecule has 140 valence electrons. The number of benzene rings is 1. The van der Waals surface area contributed by atoms with Crippen LogP contribution >= 0.6 is 0 Å². The van der Waals surface area contributed by atoms with E-state index in [-0.39, 0.29) is 0 Å². The van der Waals surface area contributed by atoms with Gasteiger partial charge in [-0.3, -0.25) is 0 Å². The van der Waals surface area contributed by atoms with Gasteiger partial charge in [0.25, 0.3) is 0 Å². The second kappa shape index (κ2) is 6.03. The molecule has 0 aliphatic carbocycles. The van der Waals surface area contributed by atoms with Crippen LogP contribution in [0.5, 0.6) is 0 Å². The van der Waals surface area contributed by atoms with Crippen molar-refractivity contribution in [1.29, 1.82) is 0 Å². The van der Waals surface area contributed by atoms with Crippen LogP contribution in [0.4, 0.5) is 0 Å². The van der Waals surface area contributed by atoms with E-state index in [1.54, 1.807) is 13.8 Å². The highest BCUT2D eigenvalue weighted by molar-refractivity contribution is 5.38. The molecule has 6 heteroatoms. The highest BCUT2D eigenvalue weighted by Crippen LogP contribution is 2.45. The largest absolute Gasteiger partial charge is 0.372 e. The van der Waals surface area contributed by atoms with E-state index >= 15 is 0 Å². The zero-order chi connectivity index (χ0) is 18.6. The summed E-state index contributed by atoms with van der Waals surface area (Å²) in [5.74, 6) is 4.42. The lowest BCUT2D eigenvalue weighted by molar-refractivity contribution is -0.240. The molecule has 0 aromatic heterocycles. The Morgan fingerprint density at radius 3 is 2.35 bits per heavy atom. The third-order valence-corrected chi connectivity index (χ3v) is 4.76. The molecule has 5 atom stereocenters. The lowest BCUT2D eigenvalue weighted by atomic mass is 9.89. The van der Waals surface area contributed by atoms with E-state index in [1.807, 2.05) is 44.2 Å². The molecule has 3 heterocycles. The van der Waals surface area contributed by atoms with Crippen molar-refractivity contribution < 1.29 is 28.8 Å². The molecule has 1 N–H and O–H groups in total. The summed E-state index contributed by atoms with van der Waals surface area (Å²) in [6.07, 6.45) is -2.66. The highest BCUT2D eigenvalue weighted by atomic mass is 16.8. The molecule has 6 nitrogen and oxygen atoms in total. The van der Waals surface area contributed by atoms with Crippen LogP contribution in [-0.4, -0.2) is 53.5 Å². The molecule has 0 spiro atoms. The third-order valence-electron chi connectivity index (χ3n) is 4.76. The number of ether oxygens (including phenoxy) is 5. The summed E-state index contributed by atoms with van der Waals surface area (Å²) in [5.41, 5.74) is -0.784. The molecule has 0 bridgehead atoms. The fraction of sp³-hybridized carbons (Fsp3) is 0.600. The average molecular weight is 360 g/mol. The minimum Gasteiger partial charge on any atom is -0.372 e. The maximum atomic E-state index is 11.5. The normalized spacial score (nSPS) is 40.0. The van der Waals surface area contributed by atoms with Gasteiger partial charge in [0.1, 0.15) is 12.2 Å². The van der Waals surface area contributed by atoms with Crippen LogP contribution < -0.4 is 0 Å². The molecule has 26 heavy (non-hydrogen) atoms. The van der Waals surface area contributed by atoms with E-state index in [1.165, 1.54) is 0 Å². The van der Waals surface area contributed by atoms with Gasteiger partial charge >= 0.3 is 0 Å². The fourth-order valence-electron chi connectivity index (χ4n) is 3.61. The minimum atomic E-state index is -1.58. The number of hydrogen-bond donors (Lipinski definition) is 1. The SMILES string of the molecule is CC1(C)OC[C@H]([C@H]2O[C@@H]3OC(C)(C)O[C@@H]3[C@@]2(O)C#Cc2ccccc2)O1. The molecule has 1 aromatic rings. The maximum Gasteiger partial charge on any atom is 0.191 e. The van der Waals surface area contributed by atoms with Crippen molar-refractivity contribution in [3.8, 4) is 11.8 Å². The van der Waals surface area contributed by atoms with Gasteiger partial charge in [0.15, 0.2) is 29.6 Å². The topological polar surface area (TPSA) is 66.4 Å². The molecule has 3 saturated heterocycles. The second-order valence-electron chi connectivity index (χ2n) is 7.79. The van der Waals surface area contributed by atoms with Gasteiger partial charge in [-0.15, -0.1) is 0 Å². The monoisotopic (exact) mass is 360 g/mol. The Kier molecular flexibility index (Phi) is 4.16. The zero-order valence-corrected chi connectivity index (χ0v) is 15.4. The summed E-state index contributed by atoms with van der Waals surface area (Å²) >= 11 is 0. The Bertz CT molecular complexity index is 734. The summed E-state index contributed by atoms with van der Waals surface area (Å²) in [5, 5.41) is 11.5. The first-order valence-corrected chi connectivity index (χ1v) is 8.82. The highest BCUT2D eigenvalue weighted by Gasteiger charge is 2.65. The van der Waals surface area contributed by atoms with Crippen molar-refractivity contribution in [2.75, 3.05) is 6.61 Å². The summed E-state index contributed by atoms with van der Waals surface area (Å²) < 4.78 is 29.3. The minimum absolute atomic E-state index is 0.301. The van der Waals surface area contributed by atoms with Gasteiger partial charge in [-0.25, -0.2) is 0 Å². The van der Waals surface area contributed by atoms with Gasteiger partial charge in [0.2, 0.25) is 0 Å². The molecular weight excluding hydrogens is 336 g/mol. The van der Waals surface area contributed by atoms with E-state index < -0.39 is 41.8 Å². The van der Waals surface area contributed by atoms with Crippen molar-refractivity contribution >= 4 is 0 Å². The molecule has 0 unspecified atom stereocenters. The van der Waals surface area contributed by atoms with E-state index in [9.17, 15) is 5.11 Å². The Morgan fingerprint density at radius 2 is 1.69 bits per heavy atom. The molecule has 0 saturated carbocycles. The molecule has 3 fully saturated rings. The van der Waals surface area contributed by atoms with Crippen molar-refractivity contribution in [2.24, 2.45) is 0 Å². The second-order valence-corrected chi connectivity index (χ2v) is 7.79. The zero-order valence-electron chi connectivity index (χ0n) is 15.4. The average Bonchev–Trinajstić information content (AvgIpc) is 3.17. The van der Waals surface area contributed by atoms with E-state index in [0.29, 0.717) is 6.61 Å². The van der Waals surface area contributed by atoms with Crippen LogP contribution in [0.1, 0.15) is 33.3 Å². The standard InChI is InChI=1S/C20H24O6/c1-18(2)22-12-14(24-18)15-20(21,11-10-13-8-6-5-7-9-13)16-17(23-15)26-19(3,4)25-16/h5-9,14-17,21H,12H2,1-4H3/t14-,15-,16+,17-,20-/m1/s1. The molecule has 3 aliphatic heterocycles. The lowest BCUT2D eigenvalue weighted by Gasteiger charge is -2.32. The van der Waals surface area contributed by atoms with E-state index in [4.69, 9.17) is 23.7 Å². The number of aliphatic hydroxyl groups is 1. The molecule has 0 radical (unpaired) electrons. The molecule has 4 rings (SSSR count). The smallest absolute Gasteiger partial charge is 0.191 e. The van der Waals surface area contributed by atoms with Gasteiger partial charge in [-0.05, 0) is 39.8 Å². The lowest BCUT2D eigenvalue weighted by Crippen LogP contribution is -2.53. The molecular formula is C20H24O6. The summed E-state index contributed by atoms with van der Waals surface area (Å²) in [6, 6.07) is 9.47. The van der Waals surface area contributed by atoms with Crippen LogP contribution in [0.15, 0.2) is 30.3 Å². The first-order valence-electron chi connectivity index (χ1n) is 8.82. The Balaban J connectivity index is 1.67. The Hall–Kier alpha value is -1.46. The quantitative estimate of drug-likeness (QED) is 0.771. The van der Waals surface area contributed by atoms with E-state index in [2.05, 4.69) is 11.8 Å². The number of rotatable bonds is 1. The van der Waals surface area contributed by atoms with Crippen LogP contribution in [0.2, 0.25) is 0 Å². The third kappa shape index (κ3) is 3.16. The summed E-state index contributed by atoms with van der Waals surface area (Å²) in [6.45, 7) is 7.52. The van der Waals surface area contributed by atoms with Gasteiger partial charge < -0.3 is 28.8 Å². The predicted octanol–water partition coefficient (Wildman–Crippen LogP) is 1.80. The molecule has 0 amide bonds. The number of fused-ring (bicyclic) bond motifs is 1. The van der Waals surface area contributed by atoms with E-state index in [0.717, 1.165) is 5.56 Å². The van der Waals surface area contributed by atoms with Crippen LogP contribution in [0, 0.1) is 11.8 Å². The summed E-state index contributed by atoms with van der Waals surface area (Å²) in [4.78, 5) is 0. The molecule has 3 aliphatic rings. The first kappa shape index (κ1) is 17.9. The van der Waals surface area contributed by atoms with Crippen LogP contribution in [0.3, 0.4) is 0 Å². The van der Waals surface area contributed by atoms with Gasteiger partial charge in [-0.2, -0.15) is 0 Å². The summed E-state index contributed by atoms with van der Waals surface area (Å²) in [7, 11) is 0. The van der Waals surface area contributed by atoms with Gasteiger partial charge in [0.05, 0.1) is 6.61 Å². The van der Waals surface area contributed by atoms with Gasteiger partial charge in [0, 0.05) is 5.56 Å². The van der Waals surface area contributed by atoms with Crippen molar-refractivity contribution in [3.63, 3.8) is 0 Å². The number of hydrogen-bond acceptors (Lipinski definition) is 6. The fourth-order valence-corrected chi connectivity index (χ4v) is 3.61.